The highest BCUT2D eigenvalue weighted by atomic mass is 35.5. The molecule has 1 aromatic rings. The van der Waals surface area contributed by atoms with Gasteiger partial charge < -0.3 is 4.90 Å². The summed E-state index contributed by atoms with van der Waals surface area (Å²) in [5.41, 5.74) is 0.219. The lowest BCUT2D eigenvalue weighted by molar-refractivity contribution is -0.131. The minimum atomic E-state index is -0.679. The van der Waals surface area contributed by atoms with E-state index in [-0.39, 0.29) is 23.3 Å². The molecule has 104 valence electrons. The van der Waals surface area contributed by atoms with E-state index in [0.717, 1.165) is 18.6 Å². The van der Waals surface area contributed by atoms with E-state index in [2.05, 4.69) is 6.92 Å². The molecular weight excluding hydrogens is 272 g/mol. The molecule has 1 saturated heterocycles. The van der Waals surface area contributed by atoms with Gasteiger partial charge in [-0.1, -0.05) is 13.0 Å². The van der Waals surface area contributed by atoms with Gasteiger partial charge in [-0.3, -0.25) is 4.79 Å². The third kappa shape index (κ3) is 3.44. The molecule has 0 aromatic heterocycles. The second-order valence-electron chi connectivity index (χ2n) is 5.03. The third-order valence-corrected chi connectivity index (χ3v) is 4.14. The first-order valence-corrected chi connectivity index (χ1v) is 6.77. The van der Waals surface area contributed by atoms with Crippen LogP contribution >= 0.6 is 11.6 Å². The first kappa shape index (κ1) is 14.3. The zero-order chi connectivity index (χ0) is 14.0. The molecule has 1 amide bonds. The van der Waals surface area contributed by atoms with Crippen LogP contribution < -0.4 is 0 Å². The van der Waals surface area contributed by atoms with Crippen molar-refractivity contribution in [3.05, 3.63) is 35.4 Å². The number of benzene rings is 1. The zero-order valence-corrected chi connectivity index (χ0v) is 11.5. The molecule has 0 radical (unpaired) electrons. The van der Waals surface area contributed by atoms with Crippen LogP contribution in [0.1, 0.15) is 18.9 Å². The highest BCUT2D eigenvalue weighted by molar-refractivity contribution is 6.21. The summed E-state index contributed by atoms with van der Waals surface area (Å²) in [5, 5.41) is -0.0595. The van der Waals surface area contributed by atoms with Crippen LogP contribution in [0.15, 0.2) is 18.2 Å². The van der Waals surface area contributed by atoms with Gasteiger partial charge in [0.05, 0.1) is 11.8 Å². The maximum atomic E-state index is 13.5. The van der Waals surface area contributed by atoms with E-state index in [1.54, 1.807) is 4.90 Å². The Morgan fingerprint density at radius 1 is 1.47 bits per heavy atom. The Bertz CT molecular complexity index is 481. The van der Waals surface area contributed by atoms with Gasteiger partial charge in [0.15, 0.2) is 0 Å². The maximum absolute atomic E-state index is 13.5. The van der Waals surface area contributed by atoms with E-state index < -0.39 is 11.6 Å². The standard InChI is InChI=1S/C14H16ClF2NO/c1-9-4-5-18(8-12(9)15)14(19)6-10-2-3-11(16)7-13(10)17/h2-3,7,9,12H,4-6,8H2,1H3. The molecule has 1 aliphatic heterocycles. The summed E-state index contributed by atoms with van der Waals surface area (Å²) in [6.45, 7) is 3.19. The minimum absolute atomic E-state index is 0.0515. The summed E-state index contributed by atoms with van der Waals surface area (Å²) < 4.78 is 26.3. The van der Waals surface area contributed by atoms with Crippen molar-refractivity contribution in [3.8, 4) is 0 Å². The van der Waals surface area contributed by atoms with Crippen LogP contribution in [-0.4, -0.2) is 29.3 Å². The van der Waals surface area contributed by atoms with Crippen molar-refractivity contribution in [1.29, 1.82) is 0 Å². The molecule has 0 spiro atoms. The number of carbonyl (C=O) groups is 1. The normalized spacial score (nSPS) is 23.5. The highest BCUT2D eigenvalue weighted by Gasteiger charge is 2.27. The Morgan fingerprint density at radius 2 is 2.21 bits per heavy atom. The number of hydrogen-bond acceptors (Lipinski definition) is 1. The number of piperidine rings is 1. The monoisotopic (exact) mass is 287 g/mol. The summed E-state index contributed by atoms with van der Waals surface area (Å²) in [6.07, 6.45) is 0.801. The first-order chi connectivity index (χ1) is 8.97. The Morgan fingerprint density at radius 3 is 2.84 bits per heavy atom. The van der Waals surface area contributed by atoms with Gasteiger partial charge >= 0.3 is 0 Å². The molecule has 0 N–H and O–H groups in total. The van der Waals surface area contributed by atoms with Gasteiger partial charge in [0.2, 0.25) is 5.91 Å². The van der Waals surface area contributed by atoms with Gasteiger partial charge in [0.1, 0.15) is 11.6 Å². The van der Waals surface area contributed by atoms with Crippen molar-refractivity contribution in [2.24, 2.45) is 5.92 Å². The predicted molar refractivity (Wildman–Crippen MR) is 70.1 cm³/mol. The minimum Gasteiger partial charge on any atom is -0.341 e. The molecule has 0 bridgehead atoms. The fourth-order valence-electron chi connectivity index (χ4n) is 2.19. The van der Waals surface area contributed by atoms with Crippen molar-refractivity contribution in [2.75, 3.05) is 13.1 Å². The second-order valence-corrected chi connectivity index (χ2v) is 5.59. The number of likely N-dealkylation sites (tertiary alicyclic amines) is 1. The van der Waals surface area contributed by atoms with E-state index in [1.165, 1.54) is 6.07 Å². The molecule has 2 nitrogen and oxygen atoms in total. The van der Waals surface area contributed by atoms with Crippen LogP contribution in [0.2, 0.25) is 0 Å². The first-order valence-electron chi connectivity index (χ1n) is 6.33. The summed E-state index contributed by atoms with van der Waals surface area (Å²) in [7, 11) is 0. The zero-order valence-electron chi connectivity index (χ0n) is 10.7. The average Bonchev–Trinajstić information content (AvgIpc) is 2.36. The Hall–Kier alpha value is -1.16. The van der Waals surface area contributed by atoms with E-state index >= 15 is 0 Å². The molecule has 5 heteroatoms. The number of alkyl halides is 1. The number of halogens is 3. The van der Waals surface area contributed by atoms with Crippen LogP contribution in [-0.2, 0) is 11.2 Å². The molecule has 1 heterocycles. The number of rotatable bonds is 2. The van der Waals surface area contributed by atoms with Crippen LogP contribution in [0.5, 0.6) is 0 Å². The summed E-state index contributed by atoms with van der Waals surface area (Å²) in [4.78, 5) is 13.7. The molecular formula is C14H16ClF2NO. The quantitative estimate of drug-likeness (QED) is 0.766. The van der Waals surface area contributed by atoms with Crippen LogP contribution in [0.25, 0.3) is 0 Å². The fraction of sp³-hybridized carbons (Fsp3) is 0.500. The molecule has 19 heavy (non-hydrogen) atoms. The molecule has 1 aliphatic rings. The van der Waals surface area contributed by atoms with Gasteiger partial charge in [0, 0.05) is 19.2 Å². The van der Waals surface area contributed by atoms with Crippen LogP contribution in [0.3, 0.4) is 0 Å². The van der Waals surface area contributed by atoms with Gasteiger partial charge in [-0.15, -0.1) is 11.6 Å². The van der Waals surface area contributed by atoms with Gasteiger partial charge in [-0.05, 0) is 24.0 Å². The summed E-state index contributed by atoms with van der Waals surface area (Å²) in [6, 6.07) is 3.27. The van der Waals surface area contributed by atoms with E-state index in [1.807, 2.05) is 0 Å². The third-order valence-electron chi connectivity index (χ3n) is 3.58. The molecule has 2 atom stereocenters. The number of amides is 1. The highest BCUT2D eigenvalue weighted by Crippen LogP contribution is 2.22. The topological polar surface area (TPSA) is 20.3 Å². The van der Waals surface area contributed by atoms with Crippen molar-refractivity contribution < 1.29 is 13.6 Å². The predicted octanol–water partition coefficient (Wildman–Crippen LogP) is 2.98. The number of hydrogen-bond donors (Lipinski definition) is 0. The Labute approximate surface area is 116 Å². The van der Waals surface area contributed by atoms with Crippen molar-refractivity contribution in [3.63, 3.8) is 0 Å². The van der Waals surface area contributed by atoms with Gasteiger partial charge in [-0.25, -0.2) is 8.78 Å². The summed E-state index contributed by atoms with van der Waals surface area (Å²) in [5.74, 6) is -1.10. The van der Waals surface area contributed by atoms with Crippen LogP contribution in [0, 0.1) is 17.6 Å². The molecule has 1 aromatic carbocycles. The lowest BCUT2D eigenvalue weighted by atomic mass is 9.98. The van der Waals surface area contributed by atoms with E-state index in [4.69, 9.17) is 11.6 Å². The maximum Gasteiger partial charge on any atom is 0.227 e. The molecule has 1 fully saturated rings. The largest absolute Gasteiger partial charge is 0.341 e. The average molecular weight is 288 g/mol. The SMILES string of the molecule is CC1CCN(C(=O)Cc2ccc(F)cc2F)CC1Cl. The fourth-order valence-corrected chi connectivity index (χ4v) is 2.48. The van der Waals surface area contributed by atoms with Crippen molar-refractivity contribution in [2.45, 2.75) is 25.1 Å². The molecule has 0 aliphatic carbocycles. The van der Waals surface area contributed by atoms with Gasteiger partial charge in [0.25, 0.3) is 0 Å². The molecule has 0 saturated carbocycles. The number of nitrogens with zero attached hydrogens (tertiary/aromatic N) is 1. The molecule has 2 unspecified atom stereocenters. The summed E-state index contributed by atoms with van der Waals surface area (Å²) >= 11 is 6.14. The Kier molecular flexibility index (Phi) is 4.40. The van der Waals surface area contributed by atoms with Crippen LogP contribution in [0.4, 0.5) is 8.78 Å². The lowest BCUT2D eigenvalue weighted by Crippen LogP contribution is -2.44. The van der Waals surface area contributed by atoms with Crippen molar-refractivity contribution in [1.82, 2.24) is 4.90 Å². The van der Waals surface area contributed by atoms with Gasteiger partial charge in [-0.2, -0.15) is 0 Å². The van der Waals surface area contributed by atoms with E-state index in [9.17, 15) is 13.6 Å². The number of carbonyl (C=O) groups excluding carboxylic acids is 1. The smallest absolute Gasteiger partial charge is 0.227 e. The van der Waals surface area contributed by atoms with E-state index in [0.29, 0.717) is 19.0 Å². The Balaban J connectivity index is 2.01. The van der Waals surface area contributed by atoms with Crippen molar-refractivity contribution >= 4 is 17.5 Å². The lowest BCUT2D eigenvalue weighted by Gasteiger charge is -2.34. The molecule has 2 rings (SSSR count). The second kappa shape index (κ2) is 5.87.